The van der Waals surface area contributed by atoms with Gasteiger partial charge in [0.15, 0.2) is 0 Å². The molecule has 0 radical (unpaired) electrons. The van der Waals surface area contributed by atoms with E-state index in [4.69, 9.17) is 9.47 Å². The van der Waals surface area contributed by atoms with Crippen LogP contribution in [0.5, 0.6) is 0 Å². The summed E-state index contributed by atoms with van der Waals surface area (Å²) in [7, 11) is 1.27. The fourth-order valence-corrected chi connectivity index (χ4v) is 3.20. The van der Waals surface area contributed by atoms with E-state index in [0.29, 0.717) is 13.2 Å². The van der Waals surface area contributed by atoms with Gasteiger partial charge in [0.2, 0.25) is 0 Å². The summed E-state index contributed by atoms with van der Waals surface area (Å²) in [6, 6.07) is 0. The summed E-state index contributed by atoms with van der Waals surface area (Å²) in [4.78, 5) is 12.0. The molecule has 1 saturated carbocycles. The van der Waals surface area contributed by atoms with Gasteiger partial charge in [-0.05, 0) is 38.5 Å². The molecule has 0 aromatic heterocycles. The first-order valence-electron chi connectivity index (χ1n) is 7.39. The minimum atomic E-state index is -4.18. The van der Waals surface area contributed by atoms with E-state index in [1.807, 2.05) is 0 Å². The van der Waals surface area contributed by atoms with Crippen molar-refractivity contribution in [1.82, 2.24) is 5.32 Å². The van der Waals surface area contributed by atoms with Crippen LogP contribution in [0.4, 0.5) is 13.2 Å². The normalized spacial score (nSPS) is 33.9. The quantitative estimate of drug-likeness (QED) is 0.810. The van der Waals surface area contributed by atoms with Gasteiger partial charge in [0.05, 0.1) is 19.1 Å². The lowest BCUT2D eigenvalue weighted by Crippen LogP contribution is -2.57. The van der Waals surface area contributed by atoms with Crippen LogP contribution in [-0.2, 0) is 14.3 Å². The molecule has 1 aliphatic heterocycles. The maximum atomic E-state index is 12.8. The second kappa shape index (κ2) is 6.52. The summed E-state index contributed by atoms with van der Waals surface area (Å²) < 4.78 is 48.5. The van der Waals surface area contributed by atoms with Gasteiger partial charge in [0.25, 0.3) is 0 Å². The molecule has 2 rings (SSSR count). The lowest BCUT2D eigenvalue weighted by Gasteiger charge is -2.39. The molecule has 1 saturated heterocycles. The molecule has 4 nitrogen and oxygen atoms in total. The third-order valence-electron chi connectivity index (χ3n) is 4.57. The number of hydrogen-bond acceptors (Lipinski definition) is 4. The van der Waals surface area contributed by atoms with Crippen molar-refractivity contribution in [2.45, 2.75) is 56.3 Å². The zero-order valence-corrected chi connectivity index (χ0v) is 12.2. The van der Waals surface area contributed by atoms with Crippen LogP contribution in [0.3, 0.4) is 0 Å². The first kappa shape index (κ1) is 16.5. The van der Waals surface area contributed by atoms with Crippen LogP contribution in [0.15, 0.2) is 0 Å². The molecule has 1 aliphatic carbocycles. The highest BCUT2D eigenvalue weighted by molar-refractivity contribution is 5.80. The zero-order valence-electron chi connectivity index (χ0n) is 12.2. The van der Waals surface area contributed by atoms with Gasteiger partial charge in [0.1, 0.15) is 5.54 Å². The molecular formula is C14H22F3NO3. The smallest absolute Gasteiger partial charge is 0.391 e. The summed E-state index contributed by atoms with van der Waals surface area (Å²) in [6.07, 6.45) is -2.05. The highest BCUT2D eigenvalue weighted by atomic mass is 19.4. The van der Waals surface area contributed by atoms with Crippen molar-refractivity contribution in [3.63, 3.8) is 0 Å². The zero-order chi connectivity index (χ0) is 15.5. The Morgan fingerprint density at radius 3 is 2.48 bits per heavy atom. The van der Waals surface area contributed by atoms with E-state index in [9.17, 15) is 18.0 Å². The molecule has 2 aliphatic rings. The van der Waals surface area contributed by atoms with Gasteiger partial charge >= 0.3 is 12.1 Å². The fourth-order valence-electron chi connectivity index (χ4n) is 3.20. The van der Waals surface area contributed by atoms with Gasteiger partial charge in [-0.2, -0.15) is 13.2 Å². The monoisotopic (exact) mass is 309 g/mol. The number of esters is 1. The van der Waals surface area contributed by atoms with E-state index in [-0.39, 0.29) is 31.8 Å². The number of methoxy groups -OCH3 is 1. The van der Waals surface area contributed by atoms with Crippen molar-refractivity contribution in [3.8, 4) is 0 Å². The van der Waals surface area contributed by atoms with E-state index in [1.54, 1.807) is 0 Å². The van der Waals surface area contributed by atoms with E-state index in [0.717, 1.165) is 12.8 Å². The van der Waals surface area contributed by atoms with Crippen LogP contribution >= 0.6 is 0 Å². The topological polar surface area (TPSA) is 47.6 Å². The number of halogens is 3. The predicted molar refractivity (Wildman–Crippen MR) is 69.7 cm³/mol. The van der Waals surface area contributed by atoms with E-state index < -0.39 is 23.6 Å². The molecule has 0 bridgehead atoms. The van der Waals surface area contributed by atoms with Crippen LogP contribution in [0, 0.1) is 5.92 Å². The number of rotatable bonds is 4. The molecule has 2 fully saturated rings. The summed E-state index contributed by atoms with van der Waals surface area (Å²) in [6.45, 7) is 1.18. The van der Waals surface area contributed by atoms with Crippen LogP contribution in [0.1, 0.15) is 38.5 Å². The number of ether oxygens (including phenoxy) is 2. The Labute approximate surface area is 122 Å². The van der Waals surface area contributed by atoms with Crippen LogP contribution in [0.2, 0.25) is 0 Å². The summed E-state index contributed by atoms with van der Waals surface area (Å²) >= 11 is 0. The molecule has 0 aromatic rings. The molecule has 7 heteroatoms. The maximum Gasteiger partial charge on any atom is 0.391 e. The molecule has 122 valence electrons. The van der Waals surface area contributed by atoms with E-state index in [1.165, 1.54) is 7.11 Å². The molecule has 21 heavy (non-hydrogen) atoms. The second-order valence-corrected chi connectivity index (χ2v) is 5.91. The Kier molecular flexibility index (Phi) is 5.14. The fraction of sp³-hybridized carbons (Fsp3) is 0.929. The number of hydrogen-bond donors (Lipinski definition) is 1. The maximum absolute atomic E-state index is 12.8. The molecule has 1 unspecified atom stereocenters. The molecular weight excluding hydrogens is 287 g/mol. The lowest BCUT2D eigenvalue weighted by molar-refractivity contribution is -0.188. The first-order chi connectivity index (χ1) is 9.87. The molecule has 1 N–H and O–H groups in total. The Bertz CT molecular complexity index is 359. The van der Waals surface area contributed by atoms with Crippen LogP contribution in [0.25, 0.3) is 0 Å². The van der Waals surface area contributed by atoms with Gasteiger partial charge in [-0.25, -0.2) is 0 Å². The van der Waals surface area contributed by atoms with Crippen molar-refractivity contribution in [1.29, 1.82) is 0 Å². The van der Waals surface area contributed by atoms with E-state index in [2.05, 4.69) is 5.32 Å². The van der Waals surface area contributed by atoms with E-state index >= 15 is 0 Å². The van der Waals surface area contributed by atoms with Crippen molar-refractivity contribution in [3.05, 3.63) is 0 Å². The third kappa shape index (κ3) is 3.88. The van der Waals surface area contributed by atoms with Gasteiger partial charge in [-0.15, -0.1) is 0 Å². The van der Waals surface area contributed by atoms with Gasteiger partial charge in [-0.3, -0.25) is 10.1 Å². The number of carbonyl (C=O) groups is 1. The minimum absolute atomic E-state index is 0.0341. The van der Waals surface area contributed by atoms with Crippen molar-refractivity contribution in [2.75, 3.05) is 20.3 Å². The van der Waals surface area contributed by atoms with Gasteiger partial charge in [-0.1, -0.05) is 0 Å². The summed E-state index contributed by atoms with van der Waals surface area (Å²) in [5, 5.41) is 3.13. The number of carbonyl (C=O) groups excluding carboxylic acids is 1. The molecule has 0 amide bonds. The number of nitrogens with one attached hydrogen (secondary N) is 1. The van der Waals surface area contributed by atoms with Crippen LogP contribution in [-0.4, -0.2) is 44.0 Å². The summed E-state index contributed by atoms with van der Waals surface area (Å²) in [5.41, 5.74) is -0.998. The Morgan fingerprint density at radius 1 is 1.33 bits per heavy atom. The average Bonchev–Trinajstić information content (AvgIpc) is 2.97. The Hall–Kier alpha value is -0.820. The molecule has 1 atom stereocenters. The number of alkyl halides is 3. The van der Waals surface area contributed by atoms with Crippen molar-refractivity contribution in [2.24, 2.45) is 5.92 Å². The van der Waals surface area contributed by atoms with Crippen molar-refractivity contribution >= 4 is 5.97 Å². The molecule has 1 heterocycles. The lowest BCUT2D eigenvalue weighted by atomic mass is 9.76. The second-order valence-electron chi connectivity index (χ2n) is 5.91. The first-order valence-corrected chi connectivity index (χ1v) is 7.39. The summed E-state index contributed by atoms with van der Waals surface area (Å²) in [5.74, 6) is -1.79. The third-order valence-corrected chi connectivity index (χ3v) is 4.57. The van der Waals surface area contributed by atoms with Crippen LogP contribution < -0.4 is 5.32 Å². The minimum Gasteiger partial charge on any atom is -0.468 e. The standard InChI is InChI=1S/C14H22F3NO3/c1-20-12(19)13(18-9-11-3-2-8-21-11)6-4-10(5-7-13)14(15,16)17/h10-11,18H,2-9H2,1H3. The molecule has 0 spiro atoms. The highest BCUT2D eigenvalue weighted by Crippen LogP contribution is 2.41. The Morgan fingerprint density at radius 2 is 2.00 bits per heavy atom. The predicted octanol–water partition coefficient (Wildman–Crippen LogP) is 2.42. The van der Waals surface area contributed by atoms with Gasteiger partial charge < -0.3 is 9.47 Å². The largest absolute Gasteiger partial charge is 0.468 e. The Balaban J connectivity index is 1.97. The van der Waals surface area contributed by atoms with Gasteiger partial charge in [0, 0.05) is 13.2 Å². The SMILES string of the molecule is COC(=O)C1(NCC2CCCO2)CCC(C(F)(F)F)CC1. The highest BCUT2D eigenvalue weighted by Gasteiger charge is 2.49. The van der Waals surface area contributed by atoms with Crippen molar-refractivity contribution < 1.29 is 27.4 Å². The molecule has 0 aromatic carbocycles. The average molecular weight is 309 g/mol.